The molecule has 0 radical (unpaired) electrons. The summed E-state index contributed by atoms with van der Waals surface area (Å²) in [5.74, 6) is 1.23. The molecule has 2 atom stereocenters. The topological polar surface area (TPSA) is 58.6 Å². The quantitative estimate of drug-likeness (QED) is 0.867. The lowest BCUT2D eigenvalue weighted by Crippen LogP contribution is -2.50. The molecule has 1 heterocycles. The summed E-state index contributed by atoms with van der Waals surface area (Å²) in [7, 11) is -1.41. The third kappa shape index (κ3) is 4.21. The monoisotopic (exact) mass is 326 g/mol. The minimum Gasteiger partial charge on any atom is -0.496 e. The lowest BCUT2D eigenvalue weighted by molar-refractivity contribution is 0.201. The van der Waals surface area contributed by atoms with Crippen LogP contribution in [0.4, 0.5) is 0 Å². The molecule has 1 saturated heterocycles. The van der Waals surface area contributed by atoms with Crippen molar-refractivity contribution >= 4 is 10.0 Å². The summed E-state index contributed by atoms with van der Waals surface area (Å²) < 4.78 is 30.4. The van der Waals surface area contributed by atoms with Crippen LogP contribution in [0.2, 0.25) is 0 Å². The number of methoxy groups -OCH3 is 1. The molecular weight excluding hydrogens is 300 g/mol. The van der Waals surface area contributed by atoms with Crippen LogP contribution in [0.3, 0.4) is 0 Å². The number of nitrogens with one attached hydrogen (secondary N) is 1. The fraction of sp³-hybridized carbons (Fsp3) is 0.625. The highest BCUT2D eigenvalue weighted by Gasteiger charge is 2.31. The molecule has 6 heteroatoms. The van der Waals surface area contributed by atoms with Gasteiger partial charge in [-0.05, 0) is 18.4 Å². The number of hydrogen-bond acceptors (Lipinski definition) is 4. The van der Waals surface area contributed by atoms with Gasteiger partial charge in [-0.1, -0.05) is 31.5 Å². The number of para-hydroxylation sites is 1. The van der Waals surface area contributed by atoms with Gasteiger partial charge in [-0.25, -0.2) is 12.7 Å². The third-order valence-electron chi connectivity index (χ3n) is 4.44. The highest BCUT2D eigenvalue weighted by Crippen LogP contribution is 2.23. The van der Waals surface area contributed by atoms with Crippen molar-refractivity contribution in [1.29, 1.82) is 0 Å². The Kier molecular flexibility index (Phi) is 5.83. The molecule has 1 aliphatic heterocycles. The Balaban J connectivity index is 1.98. The predicted molar refractivity (Wildman–Crippen MR) is 88.4 cm³/mol. The van der Waals surface area contributed by atoms with Crippen LogP contribution in [0.5, 0.6) is 5.75 Å². The maximum atomic E-state index is 11.7. The standard InChI is InChI=1S/C16H26N2O3S/c1-4-13-12-18(22(3,19)20)10-9-15(13)17-11-14-7-5-6-8-16(14)21-2/h5-8,13,15,17H,4,9-12H2,1-3H3. The summed E-state index contributed by atoms with van der Waals surface area (Å²) in [5, 5.41) is 3.58. The van der Waals surface area contributed by atoms with Crippen LogP contribution in [-0.4, -0.2) is 45.2 Å². The maximum absolute atomic E-state index is 11.7. The summed E-state index contributed by atoms with van der Waals surface area (Å²) >= 11 is 0. The number of ether oxygens (including phenoxy) is 1. The highest BCUT2D eigenvalue weighted by molar-refractivity contribution is 7.88. The van der Waals surface area contributed by atoms with Crippen molar-refractivity contribution in [3.8, 4) is 5.75 Å². The van der Waals surface area contributed by atoms with Crippen molar-refractivity contribution in [1.82, 2.24) is 9.62 Å². The van der Waals surface area contributed by atoms with Gasteiger partial charge in [-0.15, -0.1) is 0 Å². The van der Waals surface area contributed by atoms with Gasteiger partial charge in [0.25, 0.3) is 0 Å². The average molecular weight is 326 g/mol. The van der Waals surface area contributed by atoms with Crippen LogP contribution in [0, 0.1) is 5.92 Å². The second-order valence-electron chi connectivity index (χ2n) is 5.88. The molecule has 124 valence electrons. The molecular formula is C16H26N2O3S. The Bertz CT molecular complexity index is 589. The van der Waals surface area contributed by atoms with E-state index in [0.717, 1.165) is 30.7 Å². The van der Waals surface area contributed by atoms with Crippen LogP contribution in [0.15, 0.2) is 24.3 Å². The second-order valence-corrected chi connectivity index (χ2v) is 7.86. The van der Waals surface area contributed by atoms with Gasteiger partial charge in [0.1, 0.15) is 5.75 Å². The summed E-state index contributed by atoms with van der Waals surface area (Å²) in [6.07, 6.45) is 3.11. The van der Waals surface area contributed by atoms with Crippen molar-refractivity contribution in [2.24, 2.45) is 5.92 Å². The lowest BCUT2D eigenvalue weighted by atomic mass is 9.91. The molecule has 0 bridgehead atoms. The fourth-order valence-corrected chi connectivity index (χ4v) is 3.97. The van der Waals surface area contributed by atoms with Crippen LogP contribution in [0.1, 0.15) is 25.3 Å². The van der Waals surface area contributed by atoms with Crippen molar-refractivity contribution in [2.45, 2.75) is 32.4 Å². The van der Waals surface area contributed by atoms with E-state index in [4.69, 9.17) is 4.74 Å². The van der Waals surface area contributed by atoms with Gasteiger partial charge in [0.05, 0.1) is 13.4 Å². The van der Waals surface area contributed by atoms with E-state index in [1.54, 1.807) is 11.4 Å². The Labute approximate surface area is 133 Å². The summed E-state index contributed by atoms with van der Waals surface area (Å²) in [5.41, 5.74) is 1.13. The number of piperidine rings is 1. The number of nitrogens with zero attached hydrogens (tertiary/aromatic N) is 1. The molecule has 1 aromatic rings. The summed E-state index contributed by atoms with van der Waals surface area (Å²) in [6, 6.07) is 8.32. The largest absolute Gasteiger partial charge is 0.496 e. The van der Waals surface area contributed by atoms with E-state index in [9.17, 15) is 8.42 Å². The number of rotatable bonds is 6. The zero-order valence-corrected chi connectivity index (χ0v) is 14.4. The molecule has 1 aliphatic rings. The van der Waals surface area contributed by atoms with Crippen molar-refractivity contribution in [3.05, 3.63) is 29.8 Å². The van der Waals surface area contributed by atoms with Crippen molar-refractivity contribution < 1.29 is 13.2 Å². The van der Waals surface area contributed by atoms with E-state index in [-0.39, 0.29) is 0 Å². The average Bonchev–Trinajstić information content (AvgIpc) is 2.52. The SMILES string of the molecule is CCC1CN(S(C)(=O)=O)CCC1NCc1ccccc1OC. The van der Waals surface area contributed by atoms with Gasteiger partial charge in [0.2, 0.25) is 10.0 Å². The molecule has 2 rings (SSSR count). The van der Waals surface area contributed by atoms with Crippen LogP contribution in [-0.2, 0) is 16.6 Å². The van der Waals surface area contributed by atoms with E-state index in [1.165, 1.54) is 6.26 Å². The number of hydrogen-bond donors (Lipinski definition) is 1. The van der Waals surface area contributed by atoms with E-state index >= 15 is 0 Å². The fourth-order valence-electron chi connectivity index (χ4n) is 3.07. The first-order valence-electron chi connectivity index (χ1n) is 7.76. The Morgan fingerprint density at radius 2 is 2.09 bits per heavy atom. The molecule has 0 aliphatic carbocycles. The Hall–Kier alpha value is -1.11. The lowest BCUT2D eigenvalue weighted by Gasteiger charge is -2.37. The van der Waals surface area contributed by atoms with Crippen LogP contribution in [0.25, 0.3) is 0 Å². The third-order valence-corrected chi connectivity index (χ3v) is 5.71. The Morgan fingerprint density at radius 3 is 2.73 bits per heavy atom. The first-order chi connectivity index (χ1) is 10.5. The van der Waals surface area contributed by atoms with Crippen molar-refractivity contribution in [2.75, 3.05) is 26.5 Å². The summed E-state index contributed by atoms with van der Waals surface area (Å²) in [4.78, 5) is 0. The van der Waals surface area contributed by atoms with Crippen LogP contribution < -0.4 is 10.1 Å². The number of benzene rings is 1. The molecule has 1 aromatic carbocycles. The maximum Gasteiger partial charge on any atom is 0.211 e. The zero-order valence-electron chi connectivity index (χ0n) is 13.6. The molecule has 5 nitrogen and oxygen atoms in total. The Morgan fingerprint density at radius 1 is 1.36 bits per heavy atom. The minimum absolute atomic E-state index is 0.341. The van der Waals surface area contributed by atoms with E-state index in [1.807, 2.05) is 18.2 Å². The summed E-state index contributed by atoms with van der Waals surface area (Å²) in [6.45, 7) is 4.07. The molecule has 1 N–H and O–H groups in total. The molecule has 0 amide bonds. The molecule has 0 spiro atoms. The molecule has 0 saturated carbocycles. The van der Waals surface area contributed by atoms with Crippen LogP contribution >= 0.6 is 0 Å². The normalized spacial score (nSPS) is 23.4. The number of sulfonamides is 1. The van der Waals surface area contributed by atoms with Gasteiger partial charge in [0.15, 0.2) is 0 Å². The first kappa shape index (κ1) is 17.2. The van der Waals surface area contributed by atoms with E-state index < -0.39 is 10.0 Å². The smallest absolute Gasteiger partial charge is 0.211 e. The van der Waals surface area contributed by atoms with Gasteiger partial charge < -0.3 is 10.1 Å². The highest BCUT2D eigenvalue weighted by atomic mass is 32.2. The van der Waals surface area contributed by atoms with Gasteiger partial charge in [0, 0.05) is 31.2 Å². The van der Waals surface area contributed by atoms with E-state index in [0.29, 0.717) is 25.0 Å². The van der Waals surface area contributed by atoms with Gasteiger partial charge >= 0.3 is 0 Å². The van der Waals surface area contributed by atoms with Gasteiger partial charge in [-0.2, -0.15) is 0 Å². The second kappa shape index (κ2) is 7.44. The zero-order chi connectivity index (χ0) is 16.2. The first-order valence-corrected chi connectivity index (χ1v) is 9.61. The molecule has 0 aromatic heterocycles. The molecule has 1 fully saturated rings. The molecule has 2 unspecified atom stereocenters. The predicted octanol–water partition coefficient (Wildman–Crippen LogP) is 1.84. The van der Waals surface area contributed by atoms with Gasteiger partial charge in [-0.3, -0.25) is 0 Å². The van der Waals surface area contributed by atoms with E-state index in [2.05, 4.69) is 18.3 Å². The van der Waals surface area contributed by atoms with Crippen molar-refractivity contribution in [3.63, 3.8) is 0 Å². The molecule has 22 heavy (non-hydrogen) atoms. The minimum atomic E-state index is -3.08.